The number of carbonyl (C=O) groups excluding carboxylic acids is 1. The van der Waals surface area contributed by atoms with Crippen molar-refractivity contribution in [1.82, 2.24) is 0 Å². The fraction of sp³-hybridized carbons (Fsp3) is 0.278. The van der Waals surface area contributed by atoms with E-state index in [1.54, 1.807) is 0 Å². The van der Waals surface area contributed by atoms with Gasteiger partial charge in [0.1, 0.15) is 5.78 Å². The summed E-state index contributed by atoms with van der Waals surface area (Å²) in [5, 5.41) is 0. The monoisotopic (exact) mass is 250 g/mol. The molecule has 1 heteroatoms. The Morgan fingerprint density at radius 2 is 1.37 bits per heavy atom. The summed E-state index contributed by atoms with van der Waals surface area (Å²) in [5.74, 6) is 0.975. The lowest BCUT2D eigenvalue weighted by molar-refractivity contribution is -0.120. The van der Waals surface area contributed by atoms with Crippen LogP contribution in [0.3, 0.4) is 0 Å². The summed E-state index contributed by atoms with van der Waals surface area (Å²) in [6.45, 7) is 0. The van der Waals surface area contributed by atoms with Gasteiger partial charge < -0.3 is 0 Å². The topological polar surface area (TPSA) is 17.1 Å². The molecule has 2 aromatic rings. The van der Waals surface area contributed by atoms with Crippen molar-refractivity contribution in [2.45, 2.75) is 25.2 Å². The van der Waals surface area contributed by atoms with Gasteiger partial charge in [0, 0.05) is 18.3 Å². The van der Waals surface area contributed by atoms with Crippen molar-refractivity contribution < 1.29 is 4.79 Å². The zero-order chi connectivity index (χ0) is 13.1. The number of ketones is 1. The largest absolute Gasteiger partial charge is 0.299 e. The van der Waals surface area contributed by atoms with Crippen LogP contribution >= 0.6 is 0 Å². The van der Waals surface area contributed by atoms with Crippen LogP contribution in [-0.2, 0) is 4.79 Å². The van der Waals surface area contributed by atoms with Crippen molar-refractivity contribution in [2.75, 3.05) is 0 Å². The van der Waals surface area contributed by atoms with Gasteiger partial charge in [-0.05, 0) is 24.0 Å². The average molecular weight is 250 g/mol. The Morgan fingerprint density at radius 3 is 1.79 bits per heavy atom. The second-order valence-electron chi connectivity index (χ2n) is 5.32. The van der Waals surface area contributed by atoms with Crippen LogP contribution in [0.25, 0.3) is 0 Å². The van der Waals surface area contributed by atoms with Crippen LogP contribution in [0.1, 0.15) is 36.3 Å². The first-order valence-electron chi connectivity index (χ1n) is 6.97. The van der Waals surface area contributed by atoms with E-state index in [4.69, 9.17) is 0 Å². The van der Waals surface area contributed by atoms with E-state index < -0.39 is 0 Å². The molecule has 0 bridgehead atoms. The summed E-state index contributed by atoms with van der Waals surface area (Å²) in [5.41, 5.74) is 2.48. The molecule has 0 unspecified atom stereocenters. The number of benzene rings is 2. The molecule has 19 heavy (non-hydrogen) atoms. The molecule has 1 nitrogen and oxygen atoms in total. The van der Waals surface area contributed by atoms with Gasteiger partial charge in [-0.25, -0.2) is 0 Å². The normalized spacial score (nSPS) is 14.6. The van der Waals surface area contributed by atoms with Crippen molar-refractivity contribution in [3.05, 3.63) is 71.8 Å². The van der Waals surface area contributed by atoms with Gasteiger partial charge in [0.15, 0.2) is 0 Å². The van der Waals surface area contributed by atoms with Crippen LogP contribution < -0.4 is 0 Å². The van der Waals surface area contributed by atoms with Gasteiger partial charge in [0.25, 0.3) is 0 Å². The molecule has 3 rings (SSSR count). The SMILES string of the molecule is O=C(CC(c1ccccc1)c1ccccc1)C1CC1. The summed E-state index contributed by atoms with van der Waals surface area (Å²) in [4.78, 5) is 12.2. The second kappa shape index (κ2) is 5.40. The highest BCUT2D eigenvalue weighted by molar-refractivity contribution is 5.84. The molecule has 1 aliphatic rings. The molecule has 0 radical (unpaired) electrons. The third kappa shape index (κ3) is 2.93. The van der Waals surface area contributed by atoms with Gasteiger partial charge in [0.05, 0.1) is 0 Å². The van der Waals surface area contributed by atoms with Gasteiger partial charge in [-0.3, -0.25) is 4.79 Å². The molecule has 0 saturated heterocycles. The molecule has 0 spiro atoms. The molecule has 0 atom stereocenters. The van der Waals surface area contributed by atoms with Gasteiger partial charge in [-0.2, -0.15) is 0 Å². The standard InChI is InChI=1S/C18H18O/c19-18(16-11-12-16)13-17(14-7-3-1-4-8-14)15-9-5-2-6-10-15/h1-10,16-17H,11-13H2. The van der Waals surface area contributed by atoms with Crippen LogP contribution in [0.2, 0.25) is 0 Å². The summed E-state index contributed by atoms with van der Waals surface area (Å²) in [6, 6.07) is 20.7. The van der Waals surface area contributed by atoms with Crippen molar-refractivity contribution in [1.29, 1.82) is 0 Å². The predicted molar refractivity (Wildman–Crippen MR) is 77.1 cm³/mol. The van der Waals surface area contributed by atoms with Crippen LogP contribution in [0.5, 0.6) is 0 Å². The predicted octanol–water partition coefficient (Wildman–Crippen LogP) is 4.19. The number of Topliss-reactive ketones (excluding diaryl/α,β-unsaturated/α-hetero) is 1. The minimum Gasteiger partial charge on any atom is -0.299 e. The molecule has 1 saturated carbocycles. The smallest absolute Gasteiger partial charge is 0.136 e. The molecule has 1 aliphatic carbocycles. The van der Waals surface area contributed by atoms with E-state index in [-0.39, 0.29) is 5.92 Å². The molecule has 2 aromatic carbocycles. The van der Waals surface area contributed by atoms with Crippen LogP contribution in [0.4, 0.5) is 0 Å². The van der Waals surface area contributed by atoms with Crippen molar-refractivity contribution in [3.8, 4) is 0 Å². The lowest BCUT2D eigenvalue weighted by Gasteiger charge is -2.17. The summed E-state index contributed by atoms with van der Waals surface area (Å²) in [6.07, 6.45) is 2.82. The first kappa shape index (κ1) is 12.2. The van der Waals surface area contributed by atoms with Gasteiger partial charge in [-0.1, -0.05) is 60.7 Å². The fourth-order valence-electron chi connectivity index (χ4n) is 2.57. The second-order valence-corrected chi connectivity index (χ2v) is 5.32. The zero-order valence-corrected chi connectivity index (χ0v) is 11.0. The zero-order valence-electron chi connectivity index (χ0n) is 11.0. The van der Waals surface area contributed by atoms with E-state index in [0.29, 0.717) is 18.1 Å². The third-order valence-electron chi connectivity index (χ3n) is 3.84. The first-order chi connectivity index (χ1) is 9.34. The Bertz CT molecular complexity index is 501. The Balaban J connectivity index is 1.89. The van der Waals surface area contributed by atoms with E-state index in [1.807, 2.05) is 36.4 Å². The minimum absolute atomic E-state index is 0.204. The quantitative estimate of drug-likeness (QED) is 0.777. The maximum absolute atomic E-state index is 12.2. The van der Waals surface area contributed by atoms with Crippen molar-refractivity contribution in [2.24, 2.45) is 5.92 Å². The number of carbonyl (C=O) groups is 1. The van der Waals surface area contributed by atoms with E-state index >= 15 is 0 Å². The lowest BCUT2D eigenvalue weighted by Crippen LogP contribution is -2.10. The molecule has 0 aromatic heterocycles. The fourth-order valence-corrected chi connectivity index (χ4v) is 2.57. The molecular formula is C18H18O. The maximum Gasteiger partial charge on any atom is 0.136 e. The minimum atomic E-state index is 0.204. The first-order valence-corrected chi connectivity index (χ1v) is 6.97. The molecule has 96 valence electrons. The van der Waals surface area contributed by atoms with Crippen molar-refractivity contribution >= 4 is 5.78 Å². The number of hydrogen-bond acceptors (Lipinski definition) is 1. The average Bonchev–Trinajstić information content (AvgIpc) is 3.31. The Morgan fingerprint density at radius 1 is 0.895 bits per heavy atom. The number of hydrogen-bond donors (Lipinski definition) is 0. The summed E-state index contributed by atoms with van der Waals surface area (Å²) < 4.78 is 0. The van der Waals surface area contributed by atoms with E-state index in [2.05, 4.69) is 24.3 Å². The highest BCUT2D eigenvalue weighted by Gasteiger charge is 2.31. The van der Waals surface area contributed by atoms with Crippen LogP contribution in [-0.4, -0.2) is 5.78 Å². The maximum atomic E-state index is 12.2. The molecule has 0 N–H and O–H groups in total. The van der Waals surface area contributed by atoms with Gasteiger partial charge >= 0.3 is 0 Å². The van der Waals surface area contributed by atoms with Gasteiger partial charge in [-0.15, -0.1) is 0 Å². The highest BCUT2D eigenvalue weighted by atomic mass is 16.1. The van der Waals surface area contributed by atoms with E-state index in [1.165, 1.54) is 11.1 Å². The van der Waals surface area contributed by atoms with Crippen LogP contribution in [0.15, 0.2) is 60.7 Å². The summed E-state index contributed by atoms with van der Waals surface area (Å²) >= 11 is 0. The third-order valence-corrected chi connectivity index (χ3v) is 3.84. The Labute approximate surface area is 114 Å². The van der Waals surface area contributed by atoms with E-state index in [9.17, 15) is 4.79 Å². The van der Waals surface area contributed by atoms with Crippen LogP contribution in [0, 0.1) is 5.92 Å². The van der Waals surface area contributed by atoms with Crippen molar-refractivity contribution in [3.63, 3.8) is 0 Å². The molecule has 0 aliphatic heterocycles. The Hall–Kier alpha value is -1.89. The van der Waals surface area contributed by atoms with Gasteiger partial charge in [0.2, 0.25) is 0 Å². The van der Waals surface area contributed by atoms with E-state index in [0.717, 1.165) is 12.8 Å². The molecule has 1 fully saturated rings. The Kier molecular flexibility index (Phi) is 3.45. The molecular weight excluding hydrogens is 232 g/mol. The molecule has 0 heterocycles. The highest BCUT2D eigenvalue weighted by Crippen LogP contribution is 2.36. The molecule has 0 amide bonds. The summed E-state index contributed by atoms with van der Waals surface area (Å²) in [7, 11) is 0. The lowest BCUT2D eigenvalue weighted by atomic mass is 9.86. The number of rotatable bonds is 5.